The van der Waals surface area contributed by atoms with Crippen molar-refractivity contribution in [1.82, 2.24) is 15.1 Å². The Morgan fingerprint density at radius 2 is 1.91 bits per heavy atom. The van der Waals surface area contributed by atoms with Crippen molar-refractivity contribution < 1.29 is 36.7 Å². The lowest BCUT2D eigenvalue weighted by molar-refractivity contribution is -0.274. The van der Waals surface area contributed by atoms with Gasteiger partial charge in [-0.3, -0.25) is 0 Å². The third kappa shape index (κ3) is 5.58. The second-order valence-electron chi connectivity index (χ2n) is 11.0. The molecule has 2 saturated heterocycles. The van der Waals surface area contributed by atoms with E-state index in [4.69, 9.17) is 19.0 Å². The van der Waals surface area contributed by atoms with Crippen LogP contribution in [0.5, 0.6) is 5.75 Å². The van der Waals surface area contributed by atoms with Crippen molar-refractivity contribution in [2.75, 3.05) is 12.0 Å². The molecule has 4 aliphatic rings. The average Bonchev–Trinajstić information content (AvgIpc) is 3.58. The Hall–Kier alpha value is -3.97. The molecule has 4 aromatic rings. The highest BCUT2D eigenvalue weighted by molar-refractivity contribution is 7.14. The van der Waals surface area contributed by atoms with Crippen LogP contribution in [-0.4, -0.2) is 52.8 Å². The monoisotopic (exact) mass is 612 g/mol. The molecule has 2 aliphatic heterocycles. The van der Waals surface area contributed by atoms with Gasteiger partial charge in [0.15, 0.2) is 5.13 Å². The number of methoxy groups -OCH3 is 1. The number of benzene rings is 1. The van der Waals surface area contributed by atoms with Gasteiger partial charge in [-0.2, -0.15) is 0 Å². The number of nitrogens with zero attached hydrogens (tertiary/aromatic N) is 4. The number of piperidine rings is 1. The van der Waals surface area contributed by atoms with Crippen LogP contribution in [0.25, 0.3) is 22.5 Å². The van der Waals surface area contributed by atoms with Crippen LogP contribution in [0.1, 0.15) is 59.8 Å². The number of hydrogen-bond donors (Lipinski definition) is 0. The number of hydrogen-bond acceptors (Lipinski definition) is 10. The SMILES string of the molecule is COC(=O)c1ccc(-c2csc(N3[C@@H]4CC(OCc5c(-c6ccccc6OC(F)(F)F)noc5C5CC5)C[C@H]3C4)n2)cn1. The van der Waals surface area contributed by atoms with E-state index in [0.29, 0.717) is 17.0 Å². The quantitative estimate of drug-likeness (QED) is 0.190. The normalized spacial score (nSPS) is 21.4. The largest absolute Gasteiger partial charge is 0.573 e. The van der Waals surface area contributed by atoms with Gasteiger partial charge in [0.25, 0.3) is 0 Å². The average molecular weight is 613 g/mol. The van der Waals surface area contributed by atoms with E-state index in [0.717, 1.165) is 48.5 Å². The van der Waals surface area contributed by atoms with Gasteiger partial charge in [0.05, 0.1) is 25.5 Å². The molecule has 9 nitrogen and oxygen atoms in total. The molecule has 3 atom stereocenters. The Morgan fingerprint density at radius 1 is 1.12 bits per heavy atom. The summed E-state index contributed by atoms with van der Waals surface area (Å²) in [5, 5.41) is 7.10. The van der Waals surface area contributed by atoms with E-state index >= 15 is 0 Å². The van der Waals surface area contributed by atoms with Crippen LogP contribution in [0.15, 0.2) is 52.5 Å². The van der Waals surface area contributed by atoms with Gasteiger partial charge in [-0.15, -0.1) is 24.5 Å². The zero-order valence-electron chi connectivity index (χ0n) is 23.0. The molecule has 1 unspecified atom stereocenters. The Kier molecular flexibility index (Phi) is 7.08. The molecule has 13 heteroatoms. The first kappa shape index (κ1) is 27.8. The standard InChI is InChI=1S/C30H27F3N4O5S/c1-39-28(38)23-9-8-17(13-34-23)24-15-43-29(35-24)37-18-10-19(37)12-20(11-18)40-14-22-26(36-42-27(22)16-6-7-16)21-4-2-3-5-25(21)41-30(31,32)33/h2-5,8-9,13,15-16,18-20H,6-7,10-12,14H2,1H3/t18-,19+,20?. The lowest BCUT2D eigenvalue weighted by Crippen LogP contribution is -2.62. The first-order valence-electron chi connectivity index (χ1n) is 14.0. The summed E-state index contributed by atoms with van der Waals surface area (Å²) >= 11 is 1.57. The molecule has 0 spiro atoms. The van der Waals surface area contributed by atoms with Crippen molar-refractivity contribution in [3.8, 4) is 28.3 Å². The minimum absolute atomic E-state index is 0.00836. The summed E-state index contributed by atoms with van der Waals surface area (Å²) in [5.41, 5.74) is 3.10. The lowest BCUT2D eigenvalue weighted by atomic mass is 9.78. The van der Waals surface area contributed by atoms with Gasteiger partial charge in [-0.05, 0) is 56.4 Å². The van der Waals surface area contributed by atoms with Crippen molar-refractivity contribution in [2.45, 2.75) is 69.2 Å². The van der Waals surface area contributed by atoms with Crippen LogP contribution in [-0.2, 0) is 16.1 Å². The maximum absolute atomic E-state index is 13.1. The van der Waals surface area contributed by atoms with E-state index < -0.39 is 12.3 Å². The van der Waals surface area contributed by atoms with Crippen molar-refractivity contribution in [1.29, 1.82) is 0 Å². The highest BCUT2D eigenvalue weighted by Gasteiger charge is 2.47. The number of esters is 1. The number of halogens is 3. The van der Waals surface area contributed by atoms with E-state index in [2.05, 4.69) is 19.8 Å². The van der Waals surface area contributed by atoms with Gasteiger partial charge in [0.1, 0.15) is 22.9 Å². The predicted molar refractivity (Wildman–Crippen MR) is 150 cm³/mol. The zero-order chi connectivity index (χ0) is 29.7. The molecule has 0 radical (unpaired) electrons. The minimum atomic E-state index is -4.82. The maximum Gasteiger partial charge on any atom is 0.573 e. The lowest BCUT2D eigenvalue weighted by Gasteiger charge is -2.55. The fourth-order valence-corrected chi connectivity index (χ4v) is 6.95. The highest BCUT2D eigenvalue weighted by Crippen LogP contribution is 2.47. The number of thiazole rings is 1. The van der Waals surface area contributed by atoms with Crippen LogP contribution < -0.4 is 9.64 Å². The number of rotatable bonds is 9. The molecular formula is C30H27F3N4O5S. The molecule has 0 N–H and O–H groups in total. The van der Waals surface area contributed by atoms with E-state index in [1.54, 1.807) is 41.8 Å². The molecule has 8 rings (SSSR count). The first-order chi connectivity index (χ1) is 20.8. The van der Waals surface area contributed by atoms with Gasteiger partial charge >= 0.3 is 12.3 Å². The number of anilines is 1. The smallest absolute Gasteiger partial charge is 0.464 e. The van der Waals surface area contributed by atoms with Crippen LogP contribution in [0.2, 0.25) is 0 Å². The van der Waals surface area contributed by atoms with E-state index in [1.165, 1.54) is 19.2 Å². The van der Waals surface area contributed by atoms with Gasteiger partial charge in [-0.1, -0.05) is 17.3 Å². The molecular weight excluding hydrogens is 585 g/mol. The number of ether oxygens (including phenoxy) is 3. The summed E-state index contributed by atoms with van der Waals surface area (Å²) in [6.07, 6.45) is 1.37. The summed E-state index contributed by atoms with van der Waals surface area (Å²) in [4.78, 5) is 23.0. The van der Waals surface area contributed by atoms with Crippen LogP contribution >= 0.6 is 11.3 Å². The summed E-state index contributed by atoms with van der Waals surface area (Å²) < 4.78 is 60.3. The molecule has 2 bridgehead atoms. The topological polar surface area (TPSA) is 99.8 Å². The fraction of sp³-hybridized carbons (Fsp3) is 0.400. The summed E-state index contributed by atoms with van der Waals surface area (Å²) in [5.74, 6) is 0.0834. The van der Waals surface area contributed by atoms with Crippen LogP contribution in [0.4, 0.5) is 18.3 Å². The number of fused-ring (bicyclic) bond motifs is 2. The third-order valence-electron chi connectivity index (χ3n) is 8.17. The van der Waals surface area contributed by atoms with Crippen molar-refractivity contribution in [3.63, 3.8) is 0 Å². The Morgan fingerprint density at radius 3 is 2.60 bits per heavy atom. The Labute approximate surface area is 248 Å². The van der Waals surface area contributed by atoms with Crippen LogP contribution in [0.3, 0.4) is 0 Å². The summed E-state index contributed by atoms with van der Waals surface area (Å²) in [7, 11) is 1.32. The fourth-order valence-electron chi connectivity index (χ4n) is 5.98. The van der Waals surface area contributed by atoms with E-state index in [9.17, 15) is 18.0 Å². The van der Waals surface area contributed by atoms with E-state index in [-0.39, 0.29) is 47.7 Å². The summed E-state index contributed by atoms with van der Waals surface area (Å²) in [6.45, 7) is 0.199. The van der Waals surface area contributed by atoms with Crippen molar-refractivity contribution in [3.05, 3.63) is 65.0 Å². The van der Waals surface area contributed by atoms with Crippen LogP contribution in [0, 0.1) is 0 Å². The molecule has 43 heavy (non-hydrogen) atoms. The molecule has 1 aromatic carbocycles. The number of carbonyl (C=O) groups is 1. The zero-order valence-corrected chi connectivity index (χ0v) is 23.9. The van der Waals surface area contributed by atoms with Crippen molar-refractivity contribution in [2.24, 2.45) is 0 Å². The predicted octanol–water partition coefficient (Wildman–Crippen LogP) is 6.75. The molecule has 2 aliphatic carbocycles. The Bertz CT molecular complexity index is 1620. The van der Waals surface area contributed by atoms with E-state index in [1.807, 2.05) is 5.38 Å². The van der Waals surface area contributed by atoms with Gasteiger partial charge in [-0.25, -0.2) is 14.8 Å². The highest BCUT2D eigenvalue weighted by atomic mass is 32.1. The molecule has 224 valence electrons. The molecule has 5 heterocycles. The number of alkyl halides is 3. The molecule has 3 aromatic heterocycles. The van der Waals surface area contributed by atoms with Crippen molar-refractivity contribution >= 4 is 22.4 Å². The van der Waals surface area contributed by atoms with Gasteiger partial charge in [0, 0.05) is 46.3 Å². The number of pyridine rings is 1. The Balaban J connectivity index is 1.03. The number of para-hydroxylation sites is 1. The third-order valence-corrected chi connectivity index (χ3v) is 9.02. The molecule has 0 amide bonds. The van der Waals surface area contributed by atoms with Gasteiger partial charge < -0.3 is 23.6 Å². The first-order valence-corrected chi connectivity index (χ1v) is 14.9. The molecule has 4 fully saturated rings. The summed E-state index contributed by atoms with van der Waals surface area (Å²) in [6, 6.07) is 9.97. The minimum Gasteiger partial charge on any atom is -0.464 e. The number of carbonyl (C=O) groups excluding carboxylic acids is 1. The molecule has 2 saturated carbocycles. The maximum atomic E-state index is 13.1. The second-order valence-corrected chi connectivity index (χ2v) is 11.8. The second kappa shape index (κ2) is 10.9. The number of aromatic nitrogens is 3. The van der Waals surface area contributed by atoms with Gasteiger partial charge in [0.2, 0.25) is 0 Å².